The van der Waals surface area contributed by atoms with E-state index in [4.69, 9.17) is 16.3 Å². The molecule has 0 aliphatic rings. The Morgan fingerprint density at radius 2 is 2.16 bits per heavy atom. The molecule has 0 spiro atoms. The first kappa shape index (κ1) is 15.5. The quantitative estimate of drug-likeness (QED) is 0.510. The minimum Gasteiger partial charge on any atom is -0.462 e. The molecule has 0 unspecified atom stereocenters. The number of carbonyl (C=O) groups excluding carboxylic acids is 1. The first-order valence-electron chi connectivity index (χ1n) is 7.54. The van der Waals surface area contributed by atoms with E-state index >= 15 is 0 Å². The lowest BCUT2D eigenvalue weighted by Crippen LogP contribution is -2.24. The molecule has 0 radical (unpaired) electrons. The van der Waals surface area contributed by atoms with Crippen LogP contribution in [0.15, 0.2) is 29.2 Å². The van der Waals surface area contributed by atoms with Gasteiger partial charge in [-0.2, -0.15) is 4.52 Å². The highest BCUT2D eigenvalue weighted by Gasteiger charge is 2.20. The molecular weight excluding hydrogens is 346 g/mol. The molecule has 3 heterocycles. The van der Waals surface area contributed by atoms with Crippen molar-refractivity contribution in [3.63, 3.8) is 0 Å². The Hall–Kier alpha value is -3.00. The third-order valence-electron chi connectivity index (χ3n) is 3.80. The van der Waals surface area contributed by atoms with Gasteiger partial charge < -0.3 is 4.74 Å². The molecule has 4 aromatic rings. The van der Waals surface area contributed by atoms with Gasteiger partial charge in [0.2, 0.25) is 5.78 Å². The molecule has 0 saturated heterocycles. The maximum absolute atomic E-state index is 12.6. The minimum absolute atomic E-state index is 0.138. The van der Waals surface area contributed by atoms with Gasteiger partial charge in [-0.1, -0.05) is 17.7 Å². The largest absolute Gasteiger partial charge is 0.462 e. The van der Waals surface area contributed by atoms with Crippen LogP contribution in [0, 0.1) is 6.92 Å². The minimum atomic E-state index is -0.739. The molecule has 0 atom stereocenters. The zero-order valence-electron chi connectivity index (χ0n) is 13.4. The molecule has 4 rings (SSSR count). The SMILES string of the molecule is CCOC(=O)c1cnc2n(nc3c(Cl)nc4ccc(C)cc4n32)c1=O. The number of ether oxygens (including phenoxy) is 1. The maximum Gasteiger partial charge on any atom is 0.345 e. The lowest BCUT2D eigenvalue weighted by Gasteiger charge is -2.04. The molecular formula is C16H12ClN5O3. The van der Waals surface area contributed by atoms with Crippen LogP contribution in [-0.4, -0.2) is 36.6 Å². The van der Waals surface area contributed by atoms with Gasteiger partial charge in [0.05, 0.1) is 23.8 Å². The number of carbonyl (C=O) groups is 1. The van der Waals surface area contributed by atoms with E-state index in [2.05, 4.69) is 15.1 Å². The Kier molecular flexibility index (Phi) is 3.43. The summed E-state index contributed by atoms with van der Waals surface area (Å²) in [6.07, 6.45) is 1.19. The van der Waals surface area contributed by atoms with Crippen LogP contribution in [0.3, 0.4) is 0 Å². The molecule has 9 heteroatoms. The molecule has 1 aromatic carbocycles. The summed E-state index contributed by atoms with van der Waals surface area (Å²) < 4.78 is 7.56. The highest BCUT2D eigenvalue weighted by molar-refractivity contribution is 6.32. The Morgan fingerprint density at radius 3 is 2.92 bits per heavy atom. The topological polar surface area (TPSA) is 90.9 Å². The van der Waals surface area contributed by atoms with E-state index in [1.165, 1.54) is 6.20 Å². The van der Waals surface area contributed by atoms with Crippen molar-refractivity contribution < 1.29 is 9.53 Å². The molecule has 0 N–H and O–H groups in total. The summed E-state index contributed by atoms with van der Waals surface area (Å²) in [6.45, 7) is 3.76. The number of fused-ring (bicyclic) bond motifs is 5. The molecule has 0 aliphatic heterocycles. The Bertz CT molecular complexity index is 1230. The van der Waals surface area contributed by atoms with Crippen molar-refractivity contribution in [2.45, 2.75) is 13.8 Å². The normalized spacial score (nSPS) is 11.5. The summed E-state index contributed by atoms with van der Waals surface area (Å²) >= 11 is 6.22. The average molecular weight is 358 g/mol. The van der Waals surface area contributed by atoms with E-state index in [1.54, 1.807) is 11.3 Å². The second-order valence-corrected chi connectivity index (χ2v) is 5.82. The van der Waals surface area contributed by atoms with Crippen LogP contribution < -0.4 is 5.56 Å². The van der Waals surface area contributed by atoms with E-state index in [0.29, 0.717) is 11.0 Å². The Balaban J connectivity index is 2.15. The van der Waals surface area contributed by atoms with Crippen molar-refractivity contribution in [2.75, 3.05) is 6.61 Å². The van der Waals surface area contributed by atoms with Gasteiger partial charge in [-0.15, -0.1) is 5.10 Å². The van der Waals surface area contributed by atoms with Crippen molar-refractivity contribution in [3.8, 4) is 0 Å². The number of rotatable bonds is 2. The zero-order valence-corrected chi connectivity index (χ0v) is 14.1. The monoisotopic (exact) mass is 357 g/mol. The smallest absolute Gasteiger partial charge is 0.345 e. The Labute approximate surface area is 145 Å². The Morgan fingerprint density at radius 1 is 1.36 bits per heavy atom. The van der Waals surface area contributed by atoms with Crippen molar-refractivity contribution >= 4 is 40.0 Å². The van der Waals surface area contributed by atoms with Gasteiger partial charge >= 0.3 is 5.97 Å². The van der Waals surface area contributed by atoms with Gasteiger partial charge in [-0.05, 0) is 31.5 Å². The third kappa shape index (κ3) is 2.25. The molecule has 25 heavy (non-hydrogen) atoms. The van der Waals surface area contributed by atoms with Gasteiger partial charge in [-0.3, -0.25) is 9.20 Å². The van der Waals surface area contributed by atoms with Crippen LogP contribution in [0.25, 0.3) is 22.5 Å². The van der Waals surface area contributed by atoms with Crippen molar-refractivity contribution in [2.24, 2.45) is 0 Å². The van der Waals surface area contributed by atoms with E-state index in [0.717, 1.165) is 10.1 Å². The van der Waals surface area contributed by atoms with Gasteiger partial charge in [0, 0.05) is 0 Å². The number of hydrogen-bond acceptors (Lipinski definition) is 6. The van der Waals surface area contributed by atoms with Crippen LogP contribution in [-0.2, 0) is 4.74 Å². The second-order valence-electron chi connectivity index (χ2n) is 5.46. The van der Waals surface area contributed by atoms with Gasteiger partial charge in [0.1, 0.15) is 5.56 Å². The second kappa shape index (κ2) is 5.52. The van der Waals surface area contributed by atoms with Gasteiger partial charge in [0.25, 0.3) is 5.56 Å². The average Bonchev–Trinajstić information content (AvgIpc) is 2.98. The highest BCUT2D eigenvalue weighted by Crippen LogP contribution is 2.23. The lowest BCUT2D eigenvalue weighted by atomic mass is 10.2. The van der Waals surface area contributed by atoms with Crippen molar-refractivity contribution in [1.82, 2.24) is 24.0 Å². The van der Waals surface area contributed by atoms with Gasteiger partial charge in [-0.25, -0.2) is 14.8 Å². The molecule has 0 saturated carbocycles. The number of nitrogens with zero attached hydrogens (tertiary/aromatic N) is 5. The van der Waals surface area contributed by atoms with E-state index in [-0.39, 0.29) is 28.7 Å². The molecule has 126 valence electrons. The van der Waals surface area contributed by atoms with E-state index in [1.807, 2.05) is 25.1 Å². The van der Waals surface area contributed by atoms with Gasteiger partial charge in [0.15, 0.2) is 10.8 Å². The molecule has 0 bridgehead atoms. The van der Waals surface area contributed by atoms with Crippen molar-refractivity contribution in [1.29, 1.82) is 0 Å². The van der Waals surface area contributed by atoms with Crippen LogP contribution in [0.1, 0.15) is 22.8 Å². The van der Waals surface area contributed by atoms with Crippen LogP contribution in [0.2, 0.25) is 5.15 Å². The molecule has 3 aromatic heterocycles. The fraction of sp³-hybridized carbons (Fsp3) is 0.188. The number of benzene rings is 1. The summed E-state index contributed by atoms with van der Waals surface area (Å²) in [4.78, 5) is 33.0. The van der Waals surface area contributed by atoms with E-state index in [9.17, 15) is 9.59 Å². The first-order valence-corrected chi connectivity index (χ1v) is 7.92. The molecule has 0 aliphatic carbocycles. The number of halogens is 1. The summed E-state index contributed by atoms with van der Waals surface area (Å²) in [5.74, 6) is -0.496. The standard InChI is InChI=1S/C16H12ClN5O3/c1-3-25-15(24)9-7-18-16-21-11-6-8(2)4-5-10(11)19-12(17)13(21)20-22(16)14(9)23/h4-7H,3H2,1-2H3. The van der Waals surface area contributed by atoms with Crippen LogP contribution in [0.4, 0.5) is 0 Å². The fourth-order valence-corrected chi connectivity index (χ4v) is 2.89. The maximum atomic E-state index is 12.6. The fourth-order valence-electron chi connectivity index (χ4n) is 2.68. The van der Waals surface area contributed by atoms with E-state index < -0.39 is 11.5 Å². The number of aromatic nitrogens is 5. The number of esters is 1. The zero-order chi connectivity index (χ0) is 17.7. The predicted octanol–water partition coefficient (Wildman–Crippen LogP) is 2.03. The molecule has 0 amide bonds. The van der Waals surface area contributed by atoms with Crippen molar-refractivity contribution in [3.05, 3.63) is 51.0 Å². The first-order chi connectivity index (χ1) is 12.0. The lowest BCUT2D eigenvalue weighted by molar-refractivity contribution is 0.0523. The third-order valence-corrected chi connectivity index (χ3v) is 4.05. The highest BCUT2D eigenvalue weighted by atomic mass is 35.5. The summed E-state index contributed by atoms with van der Waals surface area (Å²) in [5, 5.41) is 4.34. The summed E-state index contributed by atoms with van der Waals surface area (Å²) in [7, 11) is 0. The summed E-state index contributed by atoms with van der Waals surface area (Å²) in [6, 6.07) is 5.64. The molecule has 0 fully saturated rings. The van der Waals surface area contributed by atoms with Crippen LogP contribution in [0.5, 0.6) is 0 Å². The van der Waals surface area contributed by atoms with Crippen LogP contribution >= 0.6 is 11.6 Å². The summed E-state index contributed by atoms with van der Waals surface area (Å²) in [5.41, 5.74) is 1.84. The molecule has 8 nitrogen and oxygen atoms in total. The number of aryl methyl sites for hydroxylation is 1. The number of hydrogen-bond donors (Lipinski definition) is 0. The predicted molar refractivity (Wildman–Crippen MR) is 91.2 cm³/mol.